The minimum Gasteiger partial charge on any atom is -0.516 e. The number of hydrogen-bond donors (Lipinski definition) is 2. The third kappa shape index (κ3) is 25.1. The van der Waals surface area contributed by atoms with E-state index in [2.05, 4.69) is 37.2 Å². The number of rotatable bonds is 9. The fraction of sp³-hybridized carbons (Fsp3) is 0.484. The largest absolute Gasteiger partial charge is 0.516 e. The minimum absolute atomic E-state index is 0.0302. The van der Waals surface area contributed by atoms with E-state index >= 15 is 0 Å². The van der Waals surface area contributed by atoms with E-state index < -0.39 is 29.8 Å². The molecule has 0 atom stereocenters. The molecular weight excluding hydrogens is 606 g/mol. The van der Waals surface area contributed by atoms with Gasteiger partial charge in [-0.15, -0.1) is 11.6 Å². The SMILES string of the molecule is C=C(/C=C/Cl)/C=N/OC(=N)C(=O)N(CC(=O)C(C)(C)C)CC1=CCC=CC(CC(F)(F)F)=C1.CC/C=C/O.CCC.CCl. The van der Waals surface area contributed by atoms with Gasteiger partial charge in [0.05, 0.1) is 25.4 Å². The van der Waals surface area contributed by atoms with E-state index in [1.165, 1.54) is 36.6 Å². The van der Waals surface area contributed by atoms with Crippen molar-refractivity contribution in [3.63, 3.8) is 0 Å². The van der Waals surface area contributed by atoms with Crippen molar-refractivity contribution in [2.75, 3.05) is 19.5 Å². The zero-order valence-corrected chi connectivity index (χ0v) is 27.6. The summed E-state index contributed by atoms with van der Waals surface area (Å²) in [5.41, 5.74) is 1.21. The van der Waals surface area contributed by atoms with Crippen LogP contribution in [-0.4, -0.2) is 59.5 Å². The van der Waals surface area contributed by atoms with E-state index in [1.807, 2.05) is 6.92 Å². The predicted molar refractivity (Wildman–Crippen MR) is 173 cm³/mol. The van der Waals surface area contributed by atoms with Crippen LogP contribution in [-0.2, 0) is 14.4 Å². The zero-order valence-electron chi connectivity index (χ0n) is 26.1. The molecule has 0 bridgehead atoms. The Bertz CT molecular complexity index is 1040. The van der Waals surface area contributed by atoms with Gasteiger partial charge >= 0.3 is 18.0 Å². The molecular formula is C31H46Cl2F3N3O4. The number of aliphatic hydroxyl groups is 1. The highest BCUT2D eigenvalue weighted by molar-refractivity contribution is 6.34. The highest BCUT2D eigenvalue weighted by atomic mass is 35.5. The lowest BCUT2D eigenvalue weighted by molar-refractivity contribution is -0.134. The first-order valence-electron chi connectivity index (χ1n) is 13.4. The van der Waals surface area contributed by atoms with Crippen molar-refractivity contribution in [3.05, 3.63) is 71.6 Å². The second kappa shape index (κ2) is 25.4. The summed E-state index contributed by atoms with van der Waals surface area (Å²) in [5.74, 6) is -2.09. The Morgan fingerprint density at radius 2 is 1.77 bits per heavy atom. The Labute approximate surface area is 264 Å². The summed E-state index contributed by atoms with van der Waals surface area (Å²) in [6.07, 6.45) is 9.72. The second-order valence-electron chi connectivity index (χ2n) is 9.79. The molecule has 0 spiro atoms. The summed E-state index contributed by atoms with van der Waals surface area (Å²) in [4.78, 5) is 31.2. The molecule has 244 valence electrons. The number of halogens is 5. The summed E-state index contributed by atoms with van der Waals surface area (Å²) in [6, 6.07) is 0. The van der Waals surface area contributed by atoms with Gasteiger partial charge in [0.15, 0.2) is 5.78 Å². The van der Waals surface area contributed by atoms with Gasteiger partial charge < -0.3 is 14.8 Å². The van der Waals surface area contributed by atoms with E-state index in [4.69, 9.17) is 27.0 Å². The van der Waals surface area contributed by atoms with E-state index in [0.717, 1.165) is 23.8 Å². The fourth-order valence-electron chi connectivity index (χ4n) is 2.62. The maximum Gasteiger partial charge on any atom is 0.393 e. The number of allylic oxidation sites excluding steroid dienone is 7. The van der Waals surface area contributed by atoms with Crippen molar-refractivity contribution >= 4 is 47.0 Å². The van der Waals surface area contributed by atoms with Gasteiger partial charge in [-0.3, -0.25) is 15.0 Å². The lowest BCUT2D eigenvalue weighted by Crippen LogP contribution is -2.44. The molecule has 7 nitrogen and oxygen atoms in total. The summed E-state index contributed by atoms with van der Waals surface area (Å²) in [7, 11) is 0. The lowest BCUT2D eigenvalue weighted by Gasteiger charge is -2.26. The van der Waals surface area contributed by atoms with Crippen molar-refractivity contribution in [1.29, 1.82) is 5.41 Å². The third-order valence-electron chi connectivity index (χ3n) is 4.63. The second-order valence-corrected chi connectivity index (χ2v) is 10.0. The number of aliphatic hydroxyl groups excluding tert-OH is 1. The van der Waals surface area contributed by atoms with Gasteiger partial charge in [0.1, 0.15) is 0 Å². The Balaban J connectivity index is -0.00000139. The normalized spacial score (nSPS) is 12.9. The summed E-state index contributed by atoms with van der Waals surface area (Å²) < 4.78 is 38.5. The van der Waals surface area contributed by atoms with Crippen LogP contribution in [0.1, 0.15) is 67.2 Å². The van der Waals surface area contributed by atoms with Crippen LogP contribution in [0, 0.1) is 10.8 Å². The maximum atomic E-state index is 12.8. The standard InChI is InChI=1S/C23H27ClF3N3O3.C4H8O.C3H8.CH3Cl/c1-16(9-10-24)13-29-33-20(28)21(32)30(15-19(31)22(2,3)4)14-18-8-6-5-7-17(11-18)12-23(25,26)27;1-2-3-4-5;1-3-2;1-2/h5,7-11,13,28H,1,6,12,14-15H2,2-4H3;3-5H,2H2,1H3;3H2,1-2H3;1H3/b10-9+,28-20?,29-13+;4-3+;;. The first-order valence-corrected chi connectivity index (χ1v) is 14.6. The number of carbonyl (C=O) groups is 2. The smallest absolute Gasteiger partial charge is 0.393 e. The molecule has 0 aromatic heterocycles. The van der Waals surface area contributed by atoms with Crippen LogP contribution in [0.2, 0.25) is 0 Å². The number of ketones is 1. The average molecular weight is 653 g/mol. The van der Waals surface area contributed by atoms with E-state index in [9.17, 15) is 22.8 Å². The molecule has 1 amide bonds. The Morgan fingerprint density at radius 1 is 1.19 bits per heavy atom. The first kappa shape index (κ1) is 44.3. The monoisotopic (exact) mass is 651 g/mol. The molecule has 12 heteroatoms. The van der Waals surface area contributed by atoms with E-state index in [1.54, 1.807) is 39.0 Å². The van der Waals surface area contributed by atoms with E-state index in [-0.39, 0.29) is 24.4 Å². The summed E-state index contributed by atoms with van der Waals surface area (Å²) in [6.45, 7) is 14.3. The molecule has 0 fully saturated rings. The fourth-order valence-corrected chi connectivity index (χ4v) is 2.79. The molecule has 0 aromatic rings. The molecule has 2 N–H and O–H groups in total. The van der Waals surface area contributed by atoms with Crippen LogP contribution >= 0.6 is 23.2 Å². The molecule has 0 heterocycles. The zero-order chi connectivity index (χ0) is 34.1. The van der Waals surface area contributed by atoms with Crippen LogP contribution in [0.15, 0.2) is 76.7 Å². The molecule has 0 unspecified atom stereocenters. The Morgan fingerprint density at radius 3 is 2.21 bits per heavy atom. The minimum atomic E-state index is -4.39. The van der Waals surface area contributed by atoms with Crippen molar-refractivity contribution in [2.45, 2.75) is 73.4 Å². The molecule has 1 aliphatic rings. The summed E-state index contributed by atoms with van der Waals surface area (Å²) in [5, 5.41) is 19.2. The number of hydrogen-bond acceptors (Lipinski definition) is 6. The third-order valence-corrected chi connectivity index (χ3v) is 4.76. The van der Waals surface area contributed by atoms with Gasteiger partial charge in [0.25, 0.3) is 0 Å². The molecule has 1 rings (SSSR count). The van der Waals surface area contributed by atoms with E-state index in [0.29, 0.717) is 17.6 Å². The first-order chi connectivity index (χ1) is 20.1. The predicted octanol–water partition coefficient (Wildman–Crippen LogP) is 9.22. The number of nitrogens with zero attached hydrogens (tertiary/aromatic N) is 2. The van der Waals surface area contributed by atoms with Crippen molar-refractivity contribution in [2.24, 2.45) is 10.6 Å². The Hall–Kier alpha value is -3.11. The quantitative estimate of drug-likeness (QED) is 0.0647. The highest BCUT2D eigenvalue weighted by Gasteiger charge is 2.30. The molecule has 0 aromatic carbocycles. The van der Waals surface area contributed by atoms with Gasteiger partial charge in [0.2, 0.25) is 0 Å². The maximum absolute atomic E-state index is 12.8. The van der Waals surface area contributed by atoms with Gasteiger partial charge in [-0.25, -0.2) is 0 Å². The topological polar surface area (TPSA) is 103 Å². The van der Waals surface area contributed by atoms with Gasteiger partial charge in [-0.1, -0.05) is 102 Å². The van der Waals surface area contributed by atoms with Gasteiger partial charge in [-0.05, 0) is 35.6 Å². The van der Waals surface area contributed by atoms with Crippen LogP contribution in [0.5, 0.6) is 0 Å². The highest BCUT2D eigenvalue weighted by Crippen LogP contribution is 2.27. The van der Waals surface area contributed by atoms with Crippen LogP contribution < -0.4 is 0 Å². The van der Waals surface area contributed by atoms with Crippen LogP contribution in [0.25, 0.3) is 0 Å². The number of oxime groups is 1. The molecule has 0 saturated heterocycles. The summed E-state index contributed by atoms with van der Waals surface area (Å²) >= 11 is 10.0. The molecule has 0 radical (unpaired) electrons. The number of Topliss-reactive ketones (excluding diaryl/α,β-unsaturated/α-hetero) is 1. The van der Waals surface area contributed by atoms with Crippen LogP contribution in [0.4, 0.5) is 13.2 Å². The van der Waals surface area contributed by atoms with Crippen molar-refractivity contribution in [3.8, 4) is 0 Å². The van der Waals surface area contributed by atoms with Gasteiger partial charge in [-0.2, -0.15) is 13.2 Å². The Kier molecular flexibility index (Phi) is 26.2. The molecule has 1 aliphatic carbocycles. The average Bonchev–Trinajstić information content (AvgIpc) is 3.13. The van der Waals surface area contributed by atoms with Crippen molar-refractivity contribution < 1.29 is 32.7 Å². The molecule has 43 heavy (non-hydrogen) atoms. The molecule has 0 saturated carbocycles. The van der Waals surface area contributed by atoms with Crippen LogP contribution in [0.3, 0.4) is 0 Å². The lowest BCUT2D eigenvalue weighted by atomic mass is 9.90. The molecule has 0 aliphatic heterocycles. The number of amides is 1. The van der Waals surface area contributed by atoms with Gasteiger partial charge in [0, 0.05) is 23.9 Å². The number of nitrogens with one attached hydrogen (secondary N) is 1. The number of alkyl halides is 4. The number of carbonyl (C=O) groups excluding carboxylic acids is 2. The van der Waals surface area contributed by atoms with Crippen molar-refractivity contribution in [1.82, 2.24) is 4.90 Å².